The largest absolute Gasteiger partial charge is 0.362 e. The maximum atomic E-state index is 5.39. The van der Waals surface area contributed by atoms with Crippen molar-refractivity contribution in [3.63, 3.8) is 0 Å². The van der Waals surface area contributed by atoms with Crippen molar-refractivity contribution in [1.82, 2.24) is 15.6 Å². The molecular formula is C17H23N3S. The molecule has 0 bridgehead atoms. The third-order valence-corrected chi connectivity index (χ3v) is 4.52. The number of hydrogen-bond acceptors (Lipinski definition) is 1. The molecule has 1 saturated carbocycles. The molecule has 112 valence electrons. The molecule has 1 fully saturated rings. The molecule has 0 saturated heterocycles. The molecule has 3 N–H and O–H groups in total. The molecule has 0 unspecified atom stereocenters. The van der Waals surface area contributed by atoms with Gasteiger partial charge >= 0.3 is 0 Å². The van der Waals surface area contributed by atoms with Crippen LogP contribution in [0, 0.1) is 0 Å². The van der Waals surface area contributed by atoms with Gasteiger partial charge in [-0.25, -0.2) is 0 Å². The molecule has 0 spiro atoms. The molecule has 1 heterocycles. The van der Waals surface area contributed by atoms with Gasteiger partial charge < -0.3 is 15.6 Å². The summed E-state index contributed by atoms with van der Waals surface area (Å²) in [6.45, 7) is 0.883. The fraction of sp³-hybridized carbons (Fsp3) is 0.471. The summed E-state index contributed by atoms with van der Waals surface area (Å²) in [4.78, 5) is 3.22. The Bertz CT molecular complexity index is 599. The van der Waals surface area contributed by atoms with E-state index in [2.05, 4.69) is 39.9 Å². The number of nitrogens with one attached hydrogen (secondary N) is 3. The molecule has 1 aromatic heterocycles. The minimum atomic E-state index is 0.579. The average molecular weight is 301 g/mol. The quantitative estimate of drug-likeness (QED) is 0.757. The van der Waals surface area contributed by atoms with Gasteiger partial charge in [-0.1, -0.05) is 25.3 Å². The van der Waals surface area contributed by atoms with E-state index in [0.29, 0.717) is 6.04 Å². The molecule has 3 nitrogen and oxygen atoms in total. The number of aromatic nitrogens is 1. The molecule has 0 aliphatic heterocycles. The lowest BCUT2D eigenvalue weighted by atomic mass is 9.96. The maximum Gasteiger partial charge on any atom is 0.166 e. The Morgan fingerprint density at radius 1 is 1.19 bits per heavy atom. The van der Waals surface area contributed by atoms with Crippen molar-refractivity contribution in [2.24, 2.45) is 0 Å². The average Bonchev–Trinajstić information content (AvgIpc) is 2.96. The Morgan fingerprint density at radius 2 is 2.05 bits per heavy atom. The molecule has 4 heteroatoms. The zero-order valence-corrected chi connectivity index (χ0v) is 13.1. The fourth-order valence-corrected chi connectivity index (χ4v) is 3.33. The summed E-state index contributed by atoms with van der Waals surface area (Å²) in [5, 5.41) is 8.86. The second kappa shape index (κ2) is 6.94. The van der Waals surface area contributed by atoms with Crippen LogP contribution >= 0.6 is 12.2 Å². The van der Waals surface area contributed by atoms with Gasteiger partial charge in [-0.05, 0) is 60.6 Å². The molecule has 21 heavy (non-hydrogen) atoms. The van der Waals surface area contributed by atoms with Crippen molar-refractivity contribution in [2.75, 3.05) is 6.54 Å². The smallest absolute Gasteiger partial charge is 0.166 e. The van der Waals surface area contributed by atoms with E-state index < -0.39 is 0 Å². The Balaban J connectivity index is 1.43. The molecule has 1 aliphatic carbocycles. The number of hydrogen-bond donors (Lipinski definition) is 3. The second-order valence-electron chi connectivity index (χ2n) is 5.88. The highest BCUT2D eigenvalue weighted by Gasteiger charge is 2.13. The first-order chi connectivity index (χ1) is 10.3. The third-order valence-electron chi connectivity index (χ3n) is 4.26. The lowest BCUT2D eigenvalue weighted by Gasteiger charge is -2.24. The van der Waals surface area contributed by atoms with Crippen molar-refractivity contribution in [3.05, 3.63) is 36.0 Å². The topological polar surface area (TPSA) is 39.9 Å². The van der Waals surface area contributed by atoms with E-state index in [9.17, 15) is 0 Å². The molecule has 1 aliphatic rings. The number of fused-ring (bicyclic) bond motifs is 1. The van der Waals surface area contributed by atoms with Gasteiger partial charge in [-0.3, -0.25) is 0 Å². The van der Waals surface area contributed by atoms with Gasteiger partial charge in [0.05, 0.1) is 0 Å². The summed E-state index contributed by atoms with van der Waals surface area (Å²) in [5.74, 6) is 0. The van der Waals surface area contributed by atoms with Crippen molar-refractivity contribution >= 4 is 28.2 Å². The van der Waals surface area contributed by atoms with Crippen LogP contribution in [0.4, 0.5) is 0 Å². The van der Waals surface area contributed by atoms with Crippen LogP contribution in [0.25, 0.3) is 10.9 Å². The molecule has 0 atom stereocenters. The van der Waals surface area contributed by atoms with Gasteiger partial charge in [0.25, 0.3) is 0 Å². The highest BCUT2D eigenvalue weighted by molar-refractivity contribution is 7.80. The summed E-state index contributed by atoms with van der Waals surface area (Å²) in [5.41, 5.74) is 2.54. The van der Waals surface area contributed by atoms with Gasteiger partial charge in [0.2, 0.25) is 0 Å². The second-order valence-corrected chi connectivity index (χ2v) is 6.29. The molecule has 2 aromatic rings. The highest BCUT2D eigenvalue weighted by atomic mass is 32.1. The predicted octanol–water partition coefficient (Wildman–Crippen LogP) is 3.51. The Kier molecular flexibility index (Phi) is 4.76. The van der Waals surface area contributed by atoms with Crippen LogP contribution in [0.5, 0.6) is 0 Å². The number of H-pyrrole nitrogens is 1. The number of aromatic amines is 1. The maximum absolute atomic E-state index is 5.39. The minimum absolute atomic E-state index is 0.579. The van der Waals surface area contributed by atoms with E-state index >= 15 is 0 Å². The Hall–Kier alpha value is -1.55. The Morgan fingerprint density at radius 3 is 2.90 bits per heavy atom. The minimum Gasteiger partial charge on any atom is -0.362 e. The monoisotopic (exact) mass is 301 g/mol. The van der Waals surface area contributed by atoms with E-state index in [1.807, 2.05) is 6.20 Å². The summed E-state index contributed by atoms with van der Waals surface area (Å²) < 4.78 is 0. The van der Waals surface area contributed by atoms with Gasteiger partial charge in [0.15, 0.2) is 5.11 Å². The van der Waals surface area contributed by atoms with Crippen LogP contribution in [-0.2, 0) is 6.42 Å². The highest BCUT2D eigenvalue weighted by Crippen LogP contribution is 2.17. The first kappa shape index (κ1) is 14.4. The molecule has 1 aromatic carbocycles. The van der Waals surface area contributed by atoms with E-state index in [1.165, 1.54) is 48.6 Å². The SMILES string of the molecule is S=C(NCCc1ccc2[nH]ccc2c1)NC1CCCCC1. The zero-order valence-electron chi connectivity index (χ0n) is 12.3. The van der Waals surface area contributed by atoms with Crippen molar-refractivity contribution < 1.29 is 0 Å². The van der Waals surface area contributed by atoms with Crippen LogP contribution in [0.1, 0.15) is 37.7 Å². The van der Waals surface area contributed by atoms with Crippen molar-refractivity contribution in [1.29, 1.82) is 0 Å². The number of thiocarbonyl (C=S) groups is 1. The molecule has 0 radical (unpaired) electrons. The summed E-state index contributed by atoms with van der Waals surface area (Å²) >= 11 is 5.39. The first-order valence-electron chi connectivity index (χ1n) is 7.92. The molecule has 3 rings (SSSR count). The summed E-state index contributed by atoms with van der Waals surface area (Å²) in [6, 6.07) is 9.25. The van der Waals surface area contributed by atoms with Crippen LogP contribution in [-0.4, -0.2) is 22.7 Å². The van der Waals surface area contributed by atoms with Crippen molar-refractivity contribution in [2.45, 2.75) is 44.6 Å². The van der Waals surface area contributed by atoms with Gasteiger partial charge in [-0.2, -0.15) is 0 Å². The number of benzene rings is 1. The van der Waals surface area contributed by atoms with Crippen LogP contribution in [0.3, 0.4) is 0 Å². The summed E-state index contributed by atoms with van der Waals surface area (Å²) in [7, 11) is 0. The van der Waals surface area contributed by atoms with Crippen LogP contribution in [0.15, 0.2) is 30.5 Å². The van der Waals surface area contributed by atoms with E-state index in [0.717, 1.165) is 18.1 Å². The van der Waals surface area contributed by atoms with Crippen molar-refractivity contribution in [3.8, 4) is 0 Å². The summed E-state index contributed by atoms with van der Waals surface area (Å²) in [6.07, 6.45) is 9.52. The van der Waals surface area contributed by atoms with Crippen LogP contribution in [0.2, 0.25) is 0 Å². The zero-order chi connectivity index (χ0) is 14.5. The molecule has 0 amide bonds. The standard InChI is InChI=1S/C17H23N3S/c21-17(20-15-4-2-1-3-5-15)19-10-8-13-6-7-16-14(12-13)9-11-18-16/h6-7,9,11-12,15,18H,1-5,8,10H2,(H2,19,20,21). The van der Waals surface area contributed by atoms with E-state index in [4.69, 9.17) is 12.2 Å². The van der Waals surface area contributed by atoms with Gasteiger partial charge in [-0.15, -0.1) is 0 Å². The van der Waals surface area contributed by atoms with E-state index in [-0.39, 0.29) is 0 Å². The fourth-order valence-electron chi connectivity index (χ4n) is 3.06. The lowest BCUT2D eigenvalue weighted by molar-refractivity contribution is 0.412. The number of rotatable bonds is 4. The lowest BCUT2D eigenvalue weighted by Crippen LogP contribution is -2.43. The first-order valence-corrected chi connectivity index (χ1v) is 8.32. The predicted molar refractivity (Wildman–Crippen MR) is 92.6 cm³/mol. The molecular weight excluding hydrogens is 278 g/mol. The van der Waals surface area contributed by atoms with Gasteiger partial charge in [0.1, 0.15) is 0 Å². The van der Waals surface area contributed by atoms with Gasteiger partial charge in [0, 0.05) is 24.3 Å². The van der Waals surface area contributed by atoms with Crippen LogP contribution < -0.4 is 10.6 Å². The Labute approximate surface area is 131 Å². The third kappa shape index (κ3) is 3.97. The van der Waals surface area contributed by atoms with E-state index in [1.54, 1.807) is 0 Å². The normalized spacial score (nSPS) is 16.0.